The molecule has 0 bridgehead atoms. The molecular weight excluding hydrogens is 208 g/mol. The number of fused-ring (bicyclic) bond motifs is 1. The minimum absolute atomic E-state index is 0.0469. The third-order valence-corrected chi connectivity index (χ3v) is 3.88. The molecule has 3 aliphatic rings. The molecule has 2 saturated heterocycles. The second kappa shape index (κ2) is 3.44. The number of hydrogen-bond acceptors (Lipinski definition) is 4. The highest BCUT2D eigenvalue weighted by Gasteiger charge is 2.49. The fraction of sp³-hybridized carbons (Fsp3) is 0.917. The van der Waals surface area contributed by atoms with Crippen LogP contribution in [0.25, 0.3) is 0 Å². The van der Waals surface area contributed by atoms with Gasteiger partial charge >= 0.3 is 5.97 Å². The molecule has 0 spiro atoms. The molecule has 0 amide bonds. The predicted octanol–water partition coefficient (Wildman–Crippen LogP) is 1.27. The highest BCUT2D eigenvalue weighted by molar-refractivity contribution is 5.72. The van der Waals surface area contributed by atoms with E-state index in [9.17, 15) is 4.79 Å². The molecule has 4 atom stereocenters. The zero-order valence-corrected chi connectivity index (χ0v) is 9.77. The summed E-state index contributed by atoms with van der Waals surface area (Å²) in [5.74, 6) is -0.0223. The van der Waals surface area contributed by atoms with Gasteiger partial charge in [-0.05, 0) is 33.1 Å². The largest absolute Gasteiger partial charge is 0.463 e. The molecule has 3 rings (SSSR count). The Kier molecular flexibility index (Phi) is 2.27. The van der Waals surface area contributed by atoms with Crippen LogP contribution in [-0.2, 0) is 19.0 Å². The SMILES string of the molecule is CC1(C)OC1COC(=O)C1CCC2OC2C1. The van der Waals surface area contributed by atoms with Gasteiger partial charge in [-0.25, -0.2) is 0 Å². The van der Waals surface area contributed by atoms with Gasteiger partial charge < -0.3 is 14.2 Å². The van der Waals surface area contributed by atoms with Crippen molar-refractivity contribution < 1.29 is 19.0 Å². The number of ether oxygens (including phenoxy) is 3. The predicted molar refractivity (Wildman–Crippen MR) is 55.9 cm³/mol. The van der Waals surface area contributed by atoms with E-state index in [0.29, 0.717) is 18.8 Å². The van der Waals surface area contributed by atoms with Gasteiger partial charge in [-0.3, -0.25) is 4.79 Å². The summed E-state index contributed by atoms with van der Waals surface area (Å²) >= 11 is 0. The number of epoxide rings is 2. The summed E-state index contributed by atoms with van der Waals surface area (Å²) in [7, 11) is 0. The molecular formula is C12H18O4. The summed E-state index contributed by atoms with van der Waals surface area (Å²) < 4.78 is 16.1. The Bertz CT molecular complexity index is 312. The van der Waals surface area contributed by atoms with Gasteiger partial charge in [0.25, 0.3) is 0 Å². The van der Waals surface area contributed by atoms with Crippen molar-refractivity contribution in [3.8, 4) is 0 Å². The normalized spacial score (nSPS) is 43.4. The van der Waals surface area contributed by atoms with Gasteiger partial charge in [0.15, 0.2) is 0 Å². The van der Waals surface area contributed by atoms with Gasteiger partial charge in [0.1, 0.15) is 12.7 Å². The maximum Gasteiger partial charge on any atom is 0.309 e. The Hall–Kier alpha value is -0.610. The van der Waals surface area contributed by atoms with E-state index in [1.807, 2.05) is 13.8 Å². The van der Waals surface area contributed by atoms with Crippen LogP contribution >= 0.6 is 0 Å². The van der Waals surface area contributed by atoms with Crippen molar-refractivity contribution in [3.05, 3.63) is 0 Å². The van der Waals surface area contributed by atoms with Crippen molar-refractivity contribution in [3.63, 3.8) is 0 Å². The quantitative estimate of drug-likeness (QED) is 0.537. The number of hydrogen-bond donors (Lipinski definition) is 0. The summed E-state index contributed by atoms with van der Waals surface area (Å²) in [4.78, 5) is 11.8. The average Bonchev–Trinajstić information content (AvgIpc) is 3.10. The lowest BCUT2D eigenvalue weighted by Crippen LogP contribution is -2.25. The van der Waals surface area contributed by atoms with Crippen molar-refractivity contribution in [1.29, 1.82) is 0 Å². The monoisotopic (exact) mass is 226 g/mol. The van der Waals surface area contributed by atoms with E-state index in [0.717, 1.165) is 19.3 Å². The van der Waals surface area contributed by atoms with Gasteiger partial charge in [0.2, 0.25) is 0 Å². The van der Waals surface area contributed by atoms with Gasteiger partial charge in [-0.2, -0.15) is 0 Å². The fourth-order valence-electron chi connectivity index (χ4n) is 2.46. The summed E-state index contributed by atoms with van der Waals surface area (Å²) in [5, 5.41) is 0. The lowest BCUT2D eigenvalue weighted by molar-refractivity contribution is -0.149. The molecule has 16 heavy (non-hydrogen) atoms. The minimum Gasteiger partial charge on any atom is -0.463 e. The van der Waals surface area contributed by atoms with Crippen LogP contribution < -0.4 is 0 Å². The Morgan fingerprint density at radius 3 is 2.75 bits per heavy atom. The van der Waals surface area contributed by atoms with Crippen molar-refractivity contribution in [2.75, 3.05) is 6.61 Å². The smallest absolute Gasteiger partial charge is 0.309 e. The van der Waals surface area contributed by atoms with Crippen LogP contribution in [0.15, 0.2) is 0 Å². The van der Waals surface area contributed by atoms with Crippen LogP contribution in [0.2, 0.25) is 0 Å². The van der Waals surface area contributed by atoms with Crippen LogP contribution in [0.1, 0.15) is 33.1 Å². The molecule has 1 saturated carbocycles. The van der Waals surface area contributed by atoms with Crippen LogP contribution in [0.5, 0.6) is 0 Å². The Labute approximate surface area is 95.2 Å². The van der Waals surface area contributed by atoms with E-state index in [2.05, 4.69) is 0 Å². The summed E-state index contributed by atoms with van der Waals surface area (Å²) in [6.07, 6.45) is 3.63. The third-order valence-electron chi connectivity index (χ3n) is 3.88. The van der Waals surface area contributed by atoms with Crippen molar-refractivity contribution in [1.82, 2.24) is 0 Å². The Morgan fingerprint density at radius 2 is 2.12 bits per heavy atom. The fourth-order valence-corrected chi connectivity index (χ4v) is 2.46. The molecule has 4 heteroatoms. The molecule has 4 nitrogen and oxygen atoms in total. The molecule has 0 N–H and O–H groups in total. The standard InChI is InChI=1S/C12H18O4/c1-12(2)10(16-12)6-14-11(13)7-3-4-8-9(5-7)15-8/h7-10H,3-6H2,1-2H3. The molecule has 0 aromatic rings. The van der Waals surface area contributed by atoms with Crippen LogP contribution in [0.4, 0.5) is 0 Å². The summed E-state index contributed by atoms with van der Waals surface area (Å²) in [6.45, 7) is 4.42. The first-order valence-corrected chi connectivity index (χ1v) is 6.06. The molecule has 4 unspecified atom stereocenters. The van der Waals surface area contributed by atoms with Crippen molar-refractivity contribution in [2.45, 2.75) is 57.0 Å². The second-order valence-electron chi connectivity index (χ2n) is 5.56. The molecule has 90 valence electrons. The summed E-state index contributed by atoms with van der Waals surface area (Å²) in [6, 6.07) is 0. The van der Waals surface area contributed by atoms with E-state index in [-0.39, 0.29) is 23.6 Å². The molecule has 0 radical (unpaired) electrons. The highest BCUT2D eigenvalue weighted by Crippen LogP contribution is 2.40. The molecule has 0 aromatic heterocycles. The van der Waals surface area contributed by atoms with E-state index in [1.165, 1.54) is 0 Å². The maximum atomic E-state index is 11.8. The van der Waals surface area contributed by atoms with Gasteiger partial charge in [0, 0.05) is 0 Å². The average molecular weight is 226 g/mol. The lowest BCUT2D eigenvalue weighted by Gasteiger charge is -2.17. The third kappa shape index (κ3) is 1.96. The second-order valence-corrected chi connectivity index (χ2v) is 5.56. The first-order chi connectivity index (χ1) is 7.56. The van der Waals surface area contributed by atoms with E-state index >= 15 is 0 Å². The van der Waals surface area contributed by atoms with Gasteiger partial charge in [0.05, 0.1) is 23.7 Å². The number of carbonyl (C=O) groups excluding carboxylic acids is 1. The number of carbonyl (C=O) groups is 1. The topological polar surface area (TPSA) is 51.4 Å². The Balaban J connectivity index is 1.43. The maximum absolute atomic E-state index is 11.8. The molecule has 2 heterocycles. The van der Waals surface area contributed by atoms with E-state index in [1.54, 1.807) is 0 Å². The van der Waals surface area contributed by atoms with Crippen LogP contribution in [0.3, 0.4) is 0 Å². The van der Waals surface area contributed by atoms with Crippen LogP contribution in [-0.4, -0.2) is 36.5 Å². The molecule has 2 aliphatic heterocycles. The molecule has 1 aliphatic carbocycles. The molecule has 0 aromatic carbocycles. The lowest BCUT2D eigenvalue weighted by atomic mass is 9.89. The minimum atomic E-state index is -0.0997. The first-order valence-electron chi connectivity index (χ1n) is 6.06. The highest BCUT2D eigenvalue weighted by atomic mass is 16.6. The number of esters is 1. The van der Waals surface area contributed by atoms with Crippen LogP contribution in [0, 0.1) is 5.92 Å². The van der Waals surface area contributed by atoms with Gasteiger partial charge in [-0.1, -0.05) is 0 Å². The Morgan fingerprint density at radius 1 is 1.38 bits per heavy atom. The summed E-state index contributed by atoms with van der Waals surface area (Å²) in [5.41, 5.74) is -0.0997. The van der Waals surface area contributed by atoms with E-state index in [4.69, 9.17) is 14.2 Å². The zero-order chi connectivity index (χ0) is 11.3. The number of rotatable bonds is 3. The zero-order valence-electron chi connectivity index (χ0n) is 9.77. The van der Waals surface area contributed by atoms with Gasteiger partial charge in [-0.15, -0.1) is 0 Å². The first kappa shape index (κ1) is 10.5. The van der Waals surface area contributed by atoms with E-state index < -0.39 is 0 Å². The van der Waals surface area contributed by atoms with Crippen molar-refractivity contribution >= 4 is 5.97 Å². The molecule has 3 fully saturated rings. The van der Waals surface area contributed by atoms with Crippen molar-refractivity contribution in [2.24, 2.45) is 5.92 Å².